The minimum Gasteiger partial charge on any atom is -0.449 e. The quantitative estimate of drug-likeness (QED) is 0.767. The maximum Gasteiger partial charge on any atom is 0.511 e. The summed E-state index contributed by atoms with van der Waals surface area (Å²) in [5.41, 5.74) is 0.843. The van der Waals surface area contributed by atoms with Crippen LogP contribution in [0.3, 0.4) is 0 Å². The van der Waals surface area contributed by atoms with Crippen molar-refractivity contribution in [3.05, 3.63) is 30.5 Å². The Balaban J connectivity index is 2.67. The number of fused-ring (bicyclic) bond motifs is 1. The first kappa shape index (κ1) is 11.5. The average molecular weight is 233 g/mol. The number of carboxylic acid groups (broad SMARTS) is 1. The molecule has 90 valence electrons. The molecule has 0 spiro atoms. The average Bonchev–Trinajstić information content (AvgIpc) is 2.56. The lowest BCUT2D eigenvalue weighted by molar-refractivity contribution is 0.145. The van der Waals surface area contributed by atoms with Crippen LogP contribution in [0.15, 0.2) is 30.5 Å². The highest BCUT2D eigenvalue weighted by Crippen LogP contribution is 2.32. The summed E-state index contributed by atoms with van der Waals surface area (Å²) in [6, 6.07) is 7.60. The van der Waals surface area contributed by atoms with Gasteiger partial charge in [-0.25, -0.2) is 4.79 Å². The largest absolute Gasteiger partial charge is 0.511 e. The third kappa shape index (κ3) is 2.11. The molecule has 0 aliphatic carbocycles. The molecule has 0 aliphatic heterocycles. The Kier molecular flexibility index (Phi) is 2.58. The van der Waals surface area contributed by atoms with Crippen molar-refractivity contribution in [2.24, 2.45) is 0 Å². The predicted molar refractivity (Wildman–Crippen MR) is 65.6 cm³/mol. The third-order valence-electron chi connectivity index (χ3n) is 2.60. The van der Waals surface area contributed by atoms with Crippen LogP contribution in [0.25, 0.3) is 10.9 Å². The first-order valence-electron chi connectivity index (χ1n) is 5.41. The van der Waals surface area contributed by atoms with Crippen molar-refractivity contribution in [2.75, 3.05) is 0 Å². The van der Waals surface area contributed by atoms with Gasteiger partial charge < -0.3 is 14.4 Å². The summed E-state index contributed by atoms with van der Waals surface area (Å²) in [5, 5.41) is 9.52. The minimum atomic E-state index is -1.29. The standard InChI is InChI=1S/C13H15NO3/c1-13(2,3)14-8-11(17-12(15)16)9-6-4-5-7-10(9)14/h4-8H,1-3H3,(H,15,16). The fourth-order valence-electron chi connectivity index (χ4n) is 1.88. The predicted octanol–water partition coefficient (Wildman–Crippen LogP) is 3.45. The van der Waals surface area contributed by atoms with Gasteiger partial charge in [-0.15, -0.1) is 0 Å². The summed E-state index contributed by atoms with van der Waals surface area (Å²) in [6.45, 7) is 6.18. The van der Waals surface area contributed by atoms with Crippen molar-refractivity contribution in [1.29, 1.82) is 0 Å². The van der Waals surface area contributed by atoms with E-state index in [2.05, 4.69) is 20.8 Å². The van der Waals surface area contributed by atoms with Crippen LogP contribution in [0, 0.1) is 0 Å². The maximum absolute atomic E-state index is 10.6. The summed E-state index contributed by atoms with van der Waals surface area (Å²) in [6.07, 6.45) is 0.445. The summed E-state index contributed by atoms with van der Waals surface area (Å²) in [5.74, 6) is 0.378. The second-order valence-electron chi connectivity index (χ2n) is 4.92. The molecule has 1 aromatic carbocycles. The Labute approximate surface area is 99.4 Å². The zero-order valence-electron chi connectivity index (χ0n) is 10.1. The minimum absolute atomic E-state index is 0.125. The first-order chi connectivity index (χ1) is 7.89. The second kappa shape index (κ2) is 3.80. The molecule has 0 saturated carbocycles. The Bertz CT molecular complexity index is 564. The lowest BCUT2D eigenvalue weighted by Gasteiger charge is -2.22. The molecule has 0 unspecified atom stereocenters. The van der Waals surface area contributed by atoms with E-state index >= 15 is 0 Å². The van der Waals surface area contributed by atoms with Gasteiger partial charge in [0.15, 0.2) is 5.75 Å². The molecule has 17 heavy (non-hydrogen) atoms. The smallest absolute Gasteiger partial charge is 0.449 e. The molecule has 0 radical (unpaired) electrons. The van der Waals surface area contributed by atoms with Gasteiger partial charge in [0.25, 0.3) is 0 Å². The molecule has 0 fully saturated rings. The van der Waals surface area contributed by atoms with Crippen molar-refractivity contribution in [3.63, 3.8) is 0 Å². The van der Waals surface area contributed by atoms with Crippen molar-refractivity contribution < 1.29 is 14.6 Å². The van der Waals surface area contributed by atoms with Crippen molar-refractivity contribution in [1.82, 2.24) is 4.57 Å². The number of aromatic nitrogens is 1. The zero-order chi connectivity index (χ0) is 12.6. The number of para-hydroxylation sites is 1. The number of carbonyl (C=O) groups is 1. The van der Waals surface area contributed by atoms with Crippen LogP contribution in [-0.2, 0) is 5.54 Å². The van der Waals surface area contributed by atoms with Gasteiger partial charge in [-0.05, 0) is 32.9 Å². The van der Waals surface area contributed by atoms with E-state index in [0.717, 1.165) is 10.9 Å². The molecule has 2 rings (SSSR count). The summed E-state index contributed by atoms with van der Waals surface area (Å²) < 4.78 is 6.81. The Hall–Kier alpha value is -1.97. The van der Waals surface area contributed by atoms with Crippen LogP contribution in [0.5, 0.6) is 5.75 Å². The van der Waals surface area contributed by atoms with Crippen LogP contribution < -0.4 is 4.74 Å². The van der Waals surface area contributed by atoms with Gasteiger partial charge in [0.05, 0.1) is 5.52 Å². The topological polar surface area (TPSA) is 51.5 Å². The van der Waals surface area contributed by atoms with Gasteiger partial charge in [0, 0.05) is 17.1 Å². The molecule has 2 aromatic rings. The molecule has 0 bridgehead atoms. The van der Waals surface area contributed by atoms with Crippen molar-refractivity contribution in [2.45, 2.75) is 26.3 Å². The van der Waals surface area contributed by atoms with Gasteiger partial charge in [-0.2, -0.15) is 0 Å². The van der Waals surface area contributed by atoms with Gasteiger partial charge >= 0.3 is 6.16 Å². The highest BCUT2D eigenvalue weighted by Gasteiger charge is 2.19. The Morgan fingerprint density at radius 2 is 1.94 bits per heavy atom. The molecule has 4 heteroatoms. The fourth-order valence-corrected chi connectivity index (χ4v) is 1.88. The number of rotatable bonds is 1. The van der Waals surface area contributed by atoms with Gasteiger partial charge in [0.1, 0.15) is 0 Å². The molecule has 0 saturated heterocycles. The van der Waals surface area contributed by atoms with Crippen LogP contribution >= 0.6 is 0 Å². The first-order valence-corrected chi connectivity index (χ1v) is 5.41. The van der Waals surface area contributed by atoms with E-state index in [0.29, 0.717) is 5.75 Å². The highest BCUT2D eigenvalue weighted by molar-refractivity contribution is 5.88. The molecule has 0 aliphatic rings. The van der Waals surface area contributed by atoms with E-state index in [1.165, 1.54) is 0 Å². The summed E-state index contributed by atoms with van der Waals surface area (Å²) >= 11 is 0. The van der Waals surface area contributed by atoms with Crippen molar-refractivity contribution >= 4 is 17.1 Å². The maximum atomic E-state index is 10.6. The summed E-state index contributed by atoms with van der Waals surface area (Å²) in [7, 11) is 0. The SMILES string of the molecule is CC(C)(C)n1cc(OC(=O)O)c2ccccc21. The van der Waals surface area contributed by atoms with E-state index in [1.807, 2.05) is 28.8 Å². The number of benzene rings is 1. The van der Waals surface area contributed by atoms with Gasteiger partial charge in [0.2, 0.25) is 0 Å². The van der Waals surface area contributed by atoms with E-state index in [4.69, 9.17) is 9.84 Å². The molecule has 4 nitrogen and oxygen atoms in total. The van der Waals surface area contributed by atoms with E-state index in [-0.39, 0.29) is 5.54 Å². The van der Waals surface area contributed by atoms with Crippen LogP contribution in [-0.4, -0.2) is 15.8 Å². The van der Waals surface area contributed by atoms with Crippen LogP contribution in [0.4, 0.5) is 4.79 Å². The van der Waals surface area contributed by atoms with Gasteiger partial charge in [-0.1, -0.05) is 12.1 Å². The zero-order valence-corrected chi connectivity index (χ0v) is 10.1. The Morgan fingerprint density at radius 3 is 2.53 bits per heavy atom. The van der Waals surface area contributed by atoms with E-state index < -0.39 is 6.16 Å². The monoisotopic (exact) mass is 233 g/mol. The lowest BCUT2D eigenvalue weighted by atomic mass is 10.1. The lowest BCUT2D eigenvalue weighted by Crippen LogP contribution is -2.20. The highest BCUT2D eigenvalue weighted by atomic mass is 16.7. The number of nitrogens with zero attached hydrogens (tertiary/aromatic N) is 1. The molecular weight excluding hydrogens is 218 g/mol. The third-order valence-corrected chi connectivity index (χ3v) is 2.60. The van der Waals surface area contributed by atoms with E-state index in [1.54, 1.807) is 6.20 Å². The number of hydrogen-bond donors (Lipinski definition) is 1. The van der Waals surface area contributed by atoms with E-state index in [9.17, 15) is 4.79 Å². The van der Waals surface area contributed by atoms with Crippen LogP contribution in [0.2, 0.25) is 0 Å². The molecule has 0 atom stereocenters. The fraction of sp³-hybridized carbons (Fsp3) is 0.308. The van der Waals surface area contributed by atoms with Crippen molar-refractivity contribution in [3.8, 4) is 5.75 Å². The normalized spacial score (nSPS) is 11.7. The molecule has 0 amide bonds. The number of hydrogen-bond acceptors (Lipinski definition) is 2. The molecule has 1 aromatic heterocycles. The summed E-state index contributed by atoms with van der Waals surface area (Å²) in [4.78, 5) is 10.6. The second-order valence-corrected chi connectivity index (χ2v) is 4.92. The van der Waals surface area contributed by atoms with Crippen LogP contribution in [0.1, 0.15) is 20.8 Å². The van der Waals surface area contributed by atoms with Gasteiger partial charge in [-0.3, -0.25) is 0 Å². The molecule has 1 heterocycles. The number of ether oxygens (including phenoxy) is 1. The Morgan fingerprint density at radius 1 is 1.29 bits per heavy atom. The molecule has 1 N–H and O–H groups in total. The molecular formula is C13H15NO3.